The number of alkyl halides is 1. The number of piperidine rings is 1. The summed E-state index contributed by atoms with van der Waals surface area (Å²) in [5.41, 5.74) is 2.10. The minimum absolute atomic E-state index is 0.0765. The number of esters is 1. The molecule has 4 saturated heterocycles. The van der Waals surface area contributed by atoms with Gasteiger partial charge in [0.2, 0.25) is 5.78 Å². The van der Waals surface area contributed by atoms with Crippen LogP contribution >= 0.6 is 22.6 Å². The highest BCUT2D eigenvalue weighted by molar-refractivity contribution is 14.1. The third kappa shape index (κ3) is 13.3. The van der Waals surface area contributed by atoms with E-state index < -0.39 is 74.1 Å². The number of halogens is 1. The van der Waals surface area contributed by atoms with Crippen molar-refractivity contribution in [3.05, 3.63) is 84.0 Å². The van der Waals surface area contributed by atoms with E-state index in [1.807, 2.05) is 20.8 Å². The summed E-state index contributed by atoms with van der Waals surface area (Å²) in [5.74, 6) is -4.52. The molecule has 2 aromatic carbocycles. The molecule has 2 aromatic rings. The number of cyclic esters (lactones) is 1. The van der Waals surface area contributed by atoms with E-state index in [-0.39, 0.29) is 63.4 Å². The molecule has 0 unspecified atom stereocenters. The van der Waals surface area contributed by atoms with Crippen molar-refractivity contribution in [3.8, 4) is 0 Å². The average molecular weight is 1210 g/mol. The van der Waals surface area contributed by atoms with Crippen molar-refractivity contribution in [3.63, 3.8) is 0 Å². The molecule has 4 bridgehead atoms. The number of ketones is 1. The molecule has 432 valence electrons. The molecule has 1 aliphatic carbocycles. The van der Waals surface area contributed by atoms with Crippen LogP contribution in [0.15, 0.2) is 84.0 Å². The Hall–Kier alpha value is -2.84. The minimum Gasteiger partial charge on any atom is -0.456 e. The summed E-state index contributed by atoms with van der Waals surface area (Å²) in [4.78, 5) is 46.0. The van der Waals surface area contributed by atoms with Crippen molar-refractivity contribution >= 4 is 58.9 Å². The van der Waals surface area contributed by atoms with E-state index in [0.717, 1.165) is 31.3 Å². The first-order chi connectivity index (χ1) is 37.0. The highest BCUT2D eigenvalue weighted by atomic mass is 127. The van der Waals surface area contributed by atoms with Gasteiger partial charge in [-0.3, -0.25) is 9.59 Å². The Balaban J connectivity index is 1.15. The van der Waals surface area contributed by atoms with Gasteiger partial charge in [0.05, 0.1) is 37.1 Å². The molecule has 5 heterocycles. The fourth-order valence-electron chi connectivity index (χ4n) is 14.3. The lowest BCUT2D eigenvalue weighted by molar-refractivity contribution is -0.422. The summed E-state index contributed by atoms with van der Waals surface area (Å²) in [7, 11) is 2.23. The number of hydrogen-bond donors (Lipinski definition) is 0. The first-order valence-corrected chi connectivity index (χ1v) is 32.3. The maximum absolute atomic E-state index is 15.2. The van der Waals surface area contributed by atoms with Gasteiger partial charge in [-0.2, -0.15) is 0 Å². The second kappa shape index (κ2) is 25.7. The maximum Gasteiger partial charge on any atom is 0.329 e. The molecule has 0 aromatic heterocycles. The van der Waals surface area contributed by atoms with Crippen LogP contribution < -0.4 is 10.4 Å². The van der Waals surface area contributed by atoms with E-state index in [1.54, 1.807) is 21.3 Å². The van der Waals surface area contributed by atoms with E-state index in [4.69, 9.17) is 42.3 Å². The Morgan fingerprint density at radius 3 is 2.09 bits per heavy atom. The van der Waals surface area contributed by atoms with E-state index in [1.165, 1.54) is 20.8 Å². The number of carbonyl (C=O) groups excluding carboxylic acids is 3. The Morgan fingerprint density at radius 1 is 0.821 bits per heavy atom. The zero-order chi connectivity index (χ0) is 56.3. The van der Waals surface area contributed by atoms with Gasteiger partial charge in [0.15, 0.2) is 11.6 Å². The van der Waals surface area contributed by atoms with Crippen LogP contribution in [0.1, 0.15) is 140 Å². The Kier molecular flexibility index (Phi) is 20.2. The van der Waals surface area contributed by atoms with E-state index in [9.17, 15) is 9.59 Å². The van der Waals surface area contributed by atoms with Crippen LogP contribution in [0.5, 0.6) is 0 Å². The van der Waals surface area contributed by atoms with E-state index in [2.05, 4.69) is 144 Å². The van der Waals surface area contributed by atoms with Crippen molar-refractivity contribution in [2.75, 3.05) is 34.5 Å². The molecule has 1 saturated carbocycles. The van der Waals surface area contributed by atoms with Crippen LogP contribution in [0.25, 0.3) is 0 Å². The molecule has 78 heavy (non-hydrogen) atoms. The van der Waals surface area contributed by atoms with E-state index >= 15 is 4.79 Å². The van der Waals surface area contributed by atoms with Gasteiger partial charge in [-0.1, -0.05) is 143 Å². The molecule has 0 N–H and O–H groups in total. The molecule has 1 amide bonds. The van der Waals surface area contributed by atoms with Gasteiger partial charge in [0.25, 0.3) is 14.2 Å². The Bertz CT molecular complexity index is 2370. The summed E-state index contributed by atoms with van der Waals surface area (Å²) in [5, 5.41) is 2.26. The predicted molar refractivity (Wildman–Crippen MR) is 313 cm³/mol. The van der Waals surface area contributed by atoms with Gasteiger partial charge in [-0.25, -0.2) is 4.79 Å². The Labute approximate surface area is 481 Å². The normalized spacial score (nSPS) is 37.7. The van der Waals surface area contributed by atoms with Gasteiger partial charge >= 0.3 is 5.97 Å². The van der Waals surface area contributed by atoms with Crippen molar-refractivity contribution in [2.24, 2.45) is 29.6 Å². The van der Waals surface area contributed by atoms with Crippen LogP contribution in [-0.2, 0) is 56.7 Å². The first-order valence-electron chi connectivity index (χ1n) is 29.1. The van der Waals surface area contributed by atoms with Gasteiger partial charge in [0, 0.05) is 50.1 Å². The molecule has 15 heteroatoms. The van der Waals surface area contributed by atoms with Crippen molar-refractivity contribution in [1.29, 1.82) is 0 Å². The Morgan fingerprint density at radius 2 is 1.46 bits per heavy atom. The van der Waals surface area contributed by atoms with Gasteiger partial charge < -0.3 is 47.2 Å². The lowest BCUT2D eigenvalue weighted by atomic mass is 9.79. The predicted octanol–water partition coefficient (Wildman–Crippen LogP) is 10.5. The second-order valence-electron chi connectivity index (χ2n) is 25.4. The summed E-state index contributed by atoms with van der Waals surface area (Å²) in [6, 6.07) is 20.5. The monoisotopic (exact) mass is 1210 g/mol. The number of nitrogens with zero attached hydrogens (tertiary/aromatic N) is 1. The molecular formula is C63H92INO12Si. The molecular weight excluding hydrogens is 1120 g/mol. The third-order valence-electron chi connectivity index (χ3n) is 18.1. The largest absolute Gasteiger partial charge is 0.456 e. The molecule has 1 spiro atoms. The number of carbonyl (C=O) groups is 3. The zero-order valence-corrected chi connectivity index (χ0v) is 52.2. The fraction of sp³-hybridized carbons (Fsp3) is 0.698. The van der Waals surface area contributed by atoms with Crippen LogP contribution in [0.4, 0.5) is 0 Å². The number of allylic oxidation sites excluding steroid dienone is 2. The van der Waals surface area contributed by atoms with Crippen LogP contribution in [0.2, 0.25) is 5.04 Å². The number of amides is 1. The topological polar surface area (TPSA) is 138 Å². The standard InChI is InChI=1S/C63H92INO12Si/c1-39-30-40(2)32-52(70-12)58-53(71-13)34-42(4)57(73-58)55(66)59(67)65-29-21-20-26-49(65)60(68)74-56(43(5)54-37-63(77-62(9,10)75-54)45(31-39)36-46(64)38-72-63)41(3)33-44-27-28-50(51(35-44)69-11)76-78(61(6,7)8,47-22-16-14-17-23-47)48-24-18-15-19-25-48/h14-19,22-25,31,33,40,42-46,49-54,56-58H,20-21,26-30,32,34-38H2,1-13H3/b39-31-,41-33+/t40-,42+,43+,44-,45-,46-,49-,50+,51+,52-,53-,54-,56+,57+,58+,63+/m0/s1. The maximum atomic E-state index is 15.2. The first kappa shape index (κ1) is 61.2. The van der Waals surface area contributed by atoms with Crippen LogP contribution in [-0.4, -0.2) is 136 Å². The third-order valence-corrected chi connectivity index (χ3v) is 24.0. The lowest BCUT2D eigenvalue weighted by Gasteiger charge is -2.54. The summed E-state index contributed by atoms with van der Waals surface area (Å²) in [6.07, 6.45) is 7.92. The SMILES string of the molecule is CO[C@H]1C[C@@H](C)C/C(C)=C\[C@H]2C[C@H](I)CO[C@@]23C[C@H](OC(C)(C)O3)[C@@H](C)[C@@H](/C(C)=C/[C@@H]2CC[C@@H](O[Si](c3ccccc3)(c3ccccc3)C(C)(C)C)[C@H](OC)C2)OC(=O)[C@@H]2CCCCN2C(=O)C(=O)[C@@H]2O[C@H]1[C@@H](OC)C[C@H]2C. The summed E-state index contributed by atoms with van der Waals surface area (Å²) < 4.78 is 61.1. The quantitative estimate of drug-likeness (QED) is 0.0590. The number of benzene rings is 2. The summed E-state index contributed by atoms with van der Waals surface area (Å²) >= 11 is 2.50. The highest BCUT2D eigenvalue weighted by Gasteiger charge is 2.57. The number of methoxy groups -OCH3 is 3. The number of ether oxygens (including phenoxy) is 8. The van der Waals surface area contributed by atoms with Crippen molar-refractivity contribution in [1.82, 2.24) is 4.90 Å². The average Bonchev–Trinajstić information content (AvgIpc) is 3.50. The molecule has 0 radical (unpaired) electrons. The van der Waals surface area contributed by atoms with Gasteiger partial charge in [-0.15, -0.1) is 0 Å². The van der Waals surface area contributed by atoms with Crippen LogP contribution in [0, 0.1) is 29.6 Å². The molecule has 5 aliphatic heterocycles. The zero-order valence-electron chi connectivity index (χ0n) is 49.0. The fourth-order valence-corrected chi connectivity index (χ4v) is 19.7. The molecule has 13 nitrogen and oxygen atoms in total. The molecule has 5 fully saturated rings. The minimum atomic E-state index is -2.89. The lowest BCUT2D eigenvalue weighted by Crippen LogP contribution is -2.68. The molecule has 8 rings (SSSR count). The number of Topliss-reactive ketones (excluding diaryl/α,β-unsaturated/α-hetero) is 1. The summed E-state index contributed by atoms with van der Waals surface area (Å²) in [6.45, 7) is 22.1. The smallest absolute Gasteiger partial charge is 0.329 e. The van der Waals surface area contributed by atoms with Crippen molar-refractivity contribution in [2.45, 2.75) is 215 Å². The number of rotatable bonds is 9. The van der Waals surface area contributed by atoms with Crippen molar-refractivity contribution < 1.29 is 56.7 Å². The highest BCUT2D eigenvalue weighted by Crippen LogP contribution is 2.49. The molecule has 6 aliphatic rings. The molecule has 16 atom stereocenters. The van der Waals surface area contributed by atoms with Crippen LogP contribution in [0.3, 0.4) is 0 Å². The van der Waals surface area contributed by atoms with Gasteiger partial charge in [0.1, 0.15) is 24.4 Å². The second-order valence-corrected chi connectivity index (χ2v) is 31.4. The van der Waals surface area contributed by atoms with Gasteiger partial charge in [-0.05, 0) is 131 Å². The van der Waals surface area contributed by atoms with E-state index in [0.29, 0.717) is 51.6 Å². The number of hydrogen-bond acceptors (Lipinski definition) is 12. The number of fused-ring (bicyclic) bond motifs is 4.